The Hall–Kier alpha value is -1.51. The maximum Gasteiger partial charge on any atom is 0.498 e. The summed E-state index contributed by atoms with van der Waals surface area (Å²) in [6.07, 6.45) is 1.84. The van der Waals surface area contributed by atoms with E-state index in [4.69, 9.17) is 14.0 Å². The molecule has 0 unspecified atom stereocenters. The highest BCUT2D eigenvalue weighted by atomic mass is 16.7. The van der Waals surface area contributed by atoms with Crippen LogP contribution in [0.5, 0.6) is 5.75 Å². The lowest BCUT2D eigenvalue weighted by molar-refractivity contribution is 0.00578. The molecule has 1 aliphatic heterocycles. The number of methoxy groups -OCH3 is 1. The smallest absolute Gasteiger partial charge is 0.497 e. The Kier molecular flexibility index (Phi) is 3.32. The molecular formula is C17H22BNO3. The molecule has 0 radical (unpaired) electrons. The topological polar surface area (TPSA) is 51.5 Å². The number of benzene rings is 1. The van der Waals surface area contributed by atoms with E-state index in [1.165, 1.54) is 0 Å². The van der Waals surface area contributed by atoms with Gasteiger partial charge in [0.25, 0.3) is 0 Å². The van der Waals surface area contributed by atoms with Crippen LogP contribution in [0, 0.1) is 11.3 Å². The molecule has 1 heterocycles. The zero-order valence-corrected chi connectivity index (χ0v) is 13.9. The predicted molar refractivity (Wildman–Crippen MR) is 85.2 cm³/mol. The van der Waals surface area contributed by atoms with Gasteiger partial charge in [-0.05, 0) is 52.2 Å². The second kappa shape index (κ2) is 4.74. The molecule has 5 heteroatoms. The van der Waals surface area contributed by atoms with Crippen LogP contribution in [0.3, 0.4) is 0 Å². The molecule has 2 fully saturated rings. The van der Waals surface area contributed by atoms with Gasteiger partial charge in [-0.3, -0.25) is 0 Å². The summed E-state index contributed by atoms with van der Waals surface area (Å²) in [6, 6.07) is 8.34. The third kappa shape index (κ3) is 2.22. The lowest BCUT2D eigenvalue weighted by atomic mass is 9.77. The van der Waals surface area contributed by atoms with E-state index in [-0.39, 0.29) is 16.6 Å². The van der Waals surface area contributed by atoms with Crippen molar-refractivity contribution in [2.75, 3.05) is 7.11 Å². The van der Waals surface area contributed by atoms with E-state index in [0.29, 0.717) is 0 Å². The molecule has 1 aliphatic carbocycles. The first-order valence-corrected chi connectivity index (χ1v) is 7.70. The van der Waals surface area contributed by atoms with E-state index in [9.17, 15) is 5.26 Å². The van der Waals surface area contributed by atoms with Gasteiger partial charge in [0.15, 0.2) is 0 Å². The van der Waals surface area contributed by atoms with Crippen molar-refractivity contribution in [1.29, 1.82) is 5.26 Å². The fraction of sp³-hybridized carbons (Fsp3) is 0.588. The fourth-order valence-corrected chi connectivity index (χ4v) is 2.76. The van der Waals surface area contributed by atoms with Crippen LogP contribution < -0.4 is 10.2 Å². The van der Waals surface area contributed by atoms with E-state index in [1.807, 2.05) is 45.9 Å². The van der Waals surface area contributed by atoms with Gasteiger partial charge >= 0.3 is 7.12 Å². The van der Waals surface area contributed by atoms with Gasteiger partial charge in [0.05, 0.1) is 29.8 Å². The number of nitrogens with zero attached hydrogens (tertiary/aromatic N) is 1. The molecule has 22 heavy (non-hydrogen) atoms. The van der Waals surface area contributed by atoms with Crippen molar-refractivity contribution in [2.24, 2.45) is 0 Å². The van der Waals surface area contributed by atoms with Crippen LogP contribution in [0.15, 0.2) is 18.2 Å². The SMILES string of the molecule is COc1cc(C2(C#N)CC2)ccc1B1OC(C)(C)C(C)(C)O1. The zero-order chi connectivity index (χ0) is 16.2. The molecule has 2 aliphatic rings. The Labute approximate surface area is 132 Å². The molecule has 0 spiro atoms. The van der Waals surface area contributed by atoms with Crippen molar-refractivity contribution in [3.05, 3.63) is 23.8 Å². The van der Waals surface area contributed by atoms with Crippen LogP contribution in [-0.4, -0.2) is 25.4 Å². The standard InChI is InChI=1S/C17H22BNO3/c1-15(2)16(3,4)22-18(21-15)13-7-6-12(10-14(13)20-5)17(11-19)8-9-17/h6-7,10H,8-9H2,1-5H3. The summed E-state index contributed by atoms with van der Waals surface area (Å²) in [5, 5.41) is 9.35. The summed E-state index contributed by atoms with van der Waals surface area (Å²) in [5.74, 6) is 0.720. The van der Waals surface area contributed by atoms with E-state index < -0.39 is 7.12 Å². The molecule has 0 bridgehead atoms. The zero-order valence-electron chi connectivity index (χ0n) is 13.9. The first-order chi connectivity index (χ1) is 10.2. The Morgan fingerprint density at radius 2 is 1.73 bits per heavy atom. The molecule has 0 amide bonds. The lowest BCUT2D eigenvalue weighted by Gasteiger charge is -2.32. The number of ether oxygens (including phenoxy) is 1. The van der Waals surface area contributed by atoms with E-state index in [0.717, 1.165) is 29.6 Å². The molecular weight excluding hydrogens is 277 g/mol. The second-order valence-electron chi connectivity index (χ2n) is 7.24. The van der Waals surface area contributed by atoms with Crippen LogP contribution in [0.1, 0.15) is 46.1 Å². The summed E-state index contributed by atoms with van der Waals surface area (Å²) in [6.45, 7) is 8.12. The van der Waals surface area contributed by atoms with Crippen molar-refractivity contribution in [2.45, 2.75) is 57.2 Å². The molecule has 1 saturated heterocycles. The lowest BCUT2D eigenvalue weighted by Crippen LogP contribution is -2.41. The number of hydrogen-bond donors (Lipinski definition) is 0. The van der Waals surface area contributed by atoms with Gasteiger partial charge in [-0.15, -0.1) is 0 Å². The van der Waals surface area contributed by atoms with Crippen molar-refractivity contribution in [3.8, 4) is 11.8 Å². The van der Waals surface area contributed by atoms with Gasteiger partial charge in [0, 0.05) is 5.46 Å². The van der Waals surface area contributed by atoms with Crippen LogP contribution in [0.25, 0.3) is 0 Å². The number of nitriles is 1. The van der Waals surface area contributed by atoms with E-state index in [1.54, 1.807) is 7.11 Å². The maximum atomic E-state index is 9.35. The molecule has 116 valence electrons. The van der Waals surface area contributed by atoms with Gasteiger partial charge in [-0.25, -0.2) is 0 Å². The highest BCUT2D eigenvalue weighted by molar-refractivity contribution is 6.63. The molecule has 0 atom stereocenters. The summed E-state index contributed by atoms with van der Waals surface area (Å²) in [7, 11) is 1.19. The van der Waals surface area contributed by atoms with Gasteiger partial charge in [0.1, 0.15) is 5.75 Å². The monoisotopic (exact) mass is 299 g/mol. The molecule has 1 aromatic carbocycles. The third-order valence-electron chi connectivity index (χ3n) is 5.26. The normalized spacial score (nSPS) is 23.9. The van der Waals surface area contributed by atoms with Crippen LogP contribution in [0.4, 0.5) is 0 Å². The van der Waals surface area contributed by atoms with E-state index >= 15 is 0 Å². The average molecular weight is 299 g/mol. The van der Waals surface area contributed by atoms with Gasteiger partial charge in [-0.2, -0.15) is 5.26 Å². The summed E-state index contributed by atoms with van der Waals surface area (Å²) in [4.78, 5) is 0. The quantitative estimate of drug-likeness (QED) is 0.805. The Balaban J connectivity index is 1.95. The number of hydrogen-bond acceptors (Lipinski definition) is 4. The number of rotatable bonds is 3. The third-order valence-corrected chi connectivity index (χ3v) is 5.26. The first-order valence-electron chi connectivity index (χ1n) is 7.70. The molecule has 4 nitrogen and oxygen atoms in total. The van der Waals surface area contributed by atoms with Crippen molar-refractivity contribution in [1.82, 2.24) is 0 Å². The Bertz CT molecular complexity index is 628. The van der Waals surface area contributed by atoms with Gasteiger partial charge in [0.2, 0.25) is 0 Å². The molecule has 0 aromatic heterocycles. The summed E-state index contributed by atoms with van der Waals surface area (Å²) < 4.78 is 17.7. The minimum atomic E-state index is -0.453. The van der Waals surface area contributed by atoms with Crippen molar-refractivity contribution in [3.63, 3.8) is 0 Å². The minimum absolute atomic E-state index is 0.318. The Morgan fingerprint density at radius 1 is 1.14 bits per heavy atom. The highest BCUT2D eigenvalue weighted by Gasteiger charge is 2.53. The highest BCUT2D eigenvalue weighted by Crippen LogP contribution is 2.48. The summed E-state index contributed by atoms with van der Waals surface area (Å²) >= 11 is 0. The molecule has 1 saturated carbocycles. The molecule has 3 rings (SSSR count). The molecule has 1 aromatic rings. The summed E-state index contributed by atoms with van der Waals surface area (Å²) in [5.41, 5.74) is 0.810. The van der Waals surface area contributed by atoms with Crippen LogP contribution in [-0.2, 0) is 14.7 Å². The van der Waals surface area contributed by atoms with Crippen molar-refractivity contribution >= 4 is 12.6 Å². The molecule has 0 N–H and O–H groups in total. The van der Waals surface area contributed by atoms with Crippen molar-refractivity contribution < 1.29 is 14.0 Å². The largest absolute Gasteiger partial charge is 0.498 e. The Morgan fingerprint density at radius 3 is 2.18 bits per heavy atom. The second-order valence-corrected chi connectivity index (χ2v) is 7.24. The predicted octanol–water partition coefficient (Wildman–Crippen LogP) is 2.55. The van der Waals surface area contributed by atoms with Crippen LogP contribution >= 0.6 is 0 Å². The van der Waals surface area contributed by atoms with Crippen LogP contribution in [0.2, 0.25) is 0 Å². The van der Waals surface area contributed by atoms with E-state index in [2.05, 4.69) is 6.07 Å². The fourth-order valence-electron chi connectivity index (χ4n) is 2.76. The van der Waals surface area contributed by atoms with Gasteiger partial charge < -0.3 is 14.0 Å². The minimum Gasteiger partial charge on any atom is -0.497 e. The first kappa shape index (κ1) is 15.4. The maximum absolute atomic E-state index is 9.35. The van der Waals surface area contributed by atoms with Gasteiger partial charge in [-0.1, -0.05) is 12.1 Å². The average Bonchev–Trinajstić information content (AvgIpc) is 3.22.